The van der Waals surface area contributed by atoms with E-state index in [2.05, 4.69) is 32.2 Å². The highest BCUT2D eigenvalue weighted by Crippen LogP contribution is 2.27. The number of nitrogens with one attached hydrogen (secondary N) is 1. The van der Waals surface area contributed by atoms with Crippen molar-refractivity contribution >= 4 is 5.91 Å². The molecule has 0 aliphatic carbocycles. The summed E-state index contributed by atoms with van der Waals surface area (Å²) in [7, 11) is 1.63. The molecule has 0 aliphatic heterocycles. The van der Waals surface area contributed by atoms with Gasteiger partial charge in [-0.2, -0.15) is 0 Å². The SMILES string of the molecule is CCOc1ccc(C(=O)NCc2ccc(OC)cc2)cc1COc1cc(C)cc(C)c1C. The number of rotatable bonds is 9. The lowest BCUT2D eigenvalue weighted by atomic mass is 10.1. The van der Waals surface area contributed by atoms with Crippen LogP contribution in [-0.2, 0) is 13.2 Å². The highest BCUT2D eigenvalue weighted by molar-refractivity contribution is 5.94. The molecule has 0 spiro atoms. The Bertz CT molecular complexity index is 1070. The molecule has 1 N–H and O–H groups in total. The van der Waals surface area contributed by atoms with Crippen LogP contribution in [0.3, 0.4) is 0 Å². The molecule has 0 heterocycles. The van der Waals surface area contributed by atoms with Crippen LogP contribution in [0.4, 0.5) is 0 Å². The molecule has 3 aromatic carbocycles. The zero-order chi connectivity index (χ0) is 23.1. The monoisotopic (exact) mass is 433 g/mol. The molecular weight excluding hydrogens is 402 g/mol. The zero-order valence-electron chi connectivity index (χ0n) is 19.5. The van der Waals surface area contributed by atoms with Crippen LogP contribution in [0.15, 0.2) is 54.6 Å². The van der Waals surface area contributed by atoms with Crippen LogP contribution in [-0.4, -0.2) is 19.6 Å². The van der Waals surface area contributed by atoms with Crippen LogP contribution in [0.25, 0.3) is 0 Å². The Kier molecular flexibility index (Phi) is 7.77. The molecular formula is C27H31NO4. The van der Waals surface area contributed by atoms with Gasteiger partial charge in [-0.3, -0.25) is 4.79 Å². The summed E-state index contributed by atoms with van der Waals surface area (Å²) in [5.74, 6) is 2.21. The maximum atomic E-state index is 12.8. The highest BCUT2D eigenvalue weighted by Gasteiger charge is 2.13. The lowest BCUT2D eigenvalue weighted by Crippen LogP contribution is -2.23. The van der Waals surface area contributed by atoms with E-state index in [4.69, 9.17) is 14.2 Å². The zero-order valence-corrected chi connectivity index (χ0v) is 19.5. The number of aryl methyl sites for hydroxylation is 2. The van der Waals surface area contributed by atoms with Gasteiger partial charge in [-0.15, -0.1) is 0 Å². The predicted molar refractivity (Wildman–Crippen MR) is 127 cm³/mol. The average Bonchev–Trinajstić information content (AvgIpc) is 2.80. The van der Waals surface area contributed by atoms with Crippen LogP contribution >= 0.6 is 0 Å². The number of ether oxygens (including phenoxy) is 3. The minimum atomic E-state index is -0.146. The first kappa shape index (κ1) is 23.2. The molecule has 0 saturated heterocycles. The maximum Gasteiger partial charge on any atom is 0.251 e. The van der Waals surface area contributed by atoms with E-state index >= 15 is 0 Å². The van der Waals surface area contributed by atoms with Crippen molar-refractivity contribution in [1.29, 1.82) is 0 Å². The summed E-state index contributed by atoms with van der Waals surface area (Å²) in [5, 5.41) is 2.97. The fraction of sp³-hybridized carbons (Fsp3) is 0.296. The summed E-state index contributed by atoms with van der Waals surface area (Å²) in [6, 6.07) is 17.2. The average molecular weight is 434 g/mol. The Balaban J connectivity index is 1.73. The van der Waals surface area contributed by atoms with E-state index in [0.29, 0.717) is 25.3 Å². The molecule has 0 unspecified atom stereocenters. The molecule has 0 bridgehead atoms. The van der Waals surface area contributed by atoms with Gasteiger partial charge in [0.05, 0.1) is 13.7 Å². The summed E-state index contributed by atoms with van der Waals surface area (Å²) < 4.78 is 17.1. The van der Waals surface area contributed by atoms with E-state index in [-0.39, 0.29) is 5.91 Å². The van der Waals surface area contributed by atoms with Gasteiger partial charge in [-0.05, 0) is 86.3 Å². The molecule has 3 rings (SSSR count). The first-order valence-electron chi connectivity index (χ1n) is 10.8. The number of carbonyl (C=O) groups is 1. The van der Waals surface area contributed by atoms with Crippen molar-refractivity contribution < 1.29 is 19.0 Å². The van der Waals surface area contributed by atoms with E-state index in [0.717, 1.165) is 39.5 Å². The molecule has 5 heteroatoms. The normalized spacial score (nSPS) is 10.5. The Morgan fingerprint density at radius 3 is 2.34 bits per heavy atom. The van der Waals surface area contributed by atoms with Crippen LogP contribution < -0.4 is 19.5 Å². The quantitative estimate of drug-likeness (QED) is 0.482. The number of benzene rings is 3. The van der Waals surface area contributed by atoms with E-state index < -0.39 is 0 Å². The standard InChI is InChI=1S/C27H31NO4/c1-6-31-25-12-9-22(27(29)28-16-21-7-10-24(30-5)11-8-21)15-23(25)17-32-26-14-18(2)13-19(3)20(26)4/h7-15H,6,16-17H2,1-5H3,(H,28,29). The van der Waals surface area contributed by atoms with Gasteiger partial charge in [-0.25, -0.2) is 0 Å². The molecule has 0 aliphatic rings. The summed E-state index contributed by atoms with van der Waals surface area (Å²) in [5.41, 5.74) is 5.86. The number of methoxy groups -OCH3 is 1. The molecule has 0 atom stereocenters. The van der Waals surface area contributed by atoms with Crippen molar-refractivity contribution in [3.8, 4) is 17.2 Å². The summed E-state index contributed by atoms with van der Waals surface area (Å²) in [6.45, 7) is 9.42. The molecule has 32 heavy (non-hydrogen) atoms. The van der Waals surface area contributed by atoms with E-state index in [1.807, 2.05) is 49.4 Å². The van der Waals surface area contributed by atoms with Crippen molar-refractivity contribution in [2.45, 2.75) is 40.8 Å². The van der Waals surface area contributed by atoms with E-state index in [9.17, 15) is 4.79 Å². The lowest BCUT2D eigenvalue weighted by molar-refractivity contribution is 0.0950. The van der Waals surface area contributed by atoms with Gasteiger partial charge in [0.1, 0.15) is 23.9 Å². The third-order valence-corrected chi connectivity index (χ3v) is 5.38. The summed E-state index contributed by atoms with van der Waals surface area (Å²) in [6.07, 6.45) is 0. The molecule has 0 radical (unpaired) electrons. The second kappa shape index (κ2) is 10.7. The largest absolute Gasteiger partial charge is 0.497 e. The topological polar surface area (TPSA) is 56.8 Å². The van der Waals surface area contributed by atoms with Gasteiger partial charge in [-0.1, -0.05) is 18.2 Å². The van der Waals surface area contributed by atoms with Crippen LogP contribution in [0, 0.1) is 20.8 Å². The minimum absolute atomic E-state index is 0.146. The van der Waals surface area contributed by atoms with Crippen molar-refractivity contribution in [3.05, 3.63) is 88.0 Å². The Hall–Kier alpha value is -3.47. The predicted octanol–water partition coefficient (Wildman–Crippen LogP) is 5.53. The fourth-order valence-electron chi connectivity index (χ4n) is 3.46. The highest BCUT2D eigenvalue weighted by atomic mass is 16.5. The second-order valence-corrected chi connectivity index (χ2v) is 7.78. The molecule has 0 aromatic heterocycles. The first-order chi connectivity index (χ1) is 15.4. The van der Waals surface area contributed by atoms with Gasteiger partial charge < -0.3 is 19.5 Å². The molecule has 3 aromatic rings. The number of carbonyl (C=O) groups excluding carboxylic acids is 1. The van der Waals surface area contributed by atoms with Crippen molar-refractivity contribution in [2.24, 2.45) is 0 Å². The van der Waals surface area contributed by atoms with Gasteiger partial charge in [0.25, 0.3) is 5.91 Å². The minimum Gasteiger partial charge on any atom is -0.497 e. The van der Waals surface area contributed by atoms with Crippen LogP contribution in [0.5, 0.6) is 17.2 Å². The summed E-state index contributed by atoms with van der Waals surface area (Å²) >= 11 is 0. The van der Waals surface area contributed by atoms with E-state index in [1.54, 1.807) is 13.2 Å². The van der Waals surface area contributed by atoms with Gasteiger partial charge in [0, 0.05) is 17.7 Å². The maximum absolute atomic E-state index is 12.8. The van der Waals surface area contributed by atoms with Crippen LogP contribution in [0.1, 0.15) is 45.1 Å². The van der Waals surface area contributed by atoms with Gasteiger partial charge in [0.15, 0.2) is 0 Å². The van der Waals surface area contributed by atoms with Gasteiger partial charge >= 0.3 is 0 Å². The first-order valence-corrected chi connectivity index (χ1v) is 10.8. The fourth-order valence-corrected chi connectivity index (χ4v) is 3.46. The second-order valence-electron chi connectivity index (χ2n) is 7.78. The summed E-state index contributed by atoms with van der Waals surface area (Å²) in [4.78, 5) is 12.8. The lowest BCUT2D eigenvalue weighted by Gasteiger charge is -2.16. The Labute approximate surface area is 190 Å². The van der Waals surface area contributed by atoms with Gasteiger partial charge in [0.2, 0.25) is 0 Å². The molecule has 5 nitrogen and oxygen atoms in total. The Morgan fingerprint density at radius 2 is 1.66 bits per heavy atom. The molecule has 1 amide bonds. The molecule has 0 saturated carbocycles. The molecule has 0 fully saturated rings. The Morgan fingerprint density at radius 1 is 0.906 bits per heavy atom. The number of hydrogen-bond acceptors (Lipinski definition) is 4. The third-order valence-electron chi connectivity index (χ3n) is 5.38. The molecule has 168 valence electrons. The van der Waals surface area contributed by atoms with Crippen molar-refractivity contribution in [3.63, 3.8) is 0 Å². The van der Waals surface area contributed by atoms with Crippen molar-refractivity contribution in [2.75, 3.05) is 13.7 Å². The third kappa shape index (κ3) is 5.82. The van der Waals surface area contributed by atoms with E-state index in [1.165, 1.54) is 5.56 Å². The number of hydrogen-bond donors (Lipinski definition) is 1. The van der Waals surface area contributed by atoms with Crippen molar-refractivity contribution in [1.82, 2.24) is 5.32 Å². The smallest absolute Gasteiger partial charge is 0.251 e. The number of amides is 1. The van der Waals surface area contributed by atoms with Crippen LogP contribution in [0.2, 0.25) is 0 Å².